The van der Waals surface area contributed by atoms with Crippen LogP contribution in [-0.4, -0.2) is 22.4 Å². The summed E-state index contributed by atoms with van der Waals surface area (Å²) in [6, 6.07) is 9.54. The van der Waals surface area contributed by atoms with Gasteiger partial charge in [0.1, 0.15) is 16.8 Å². The van der Waals surface area contributed by atoms with Crippen LogP contribution in [0.3, 0.4) is 0 Å². The molecule has 118 valence electrons. The molecule has 0 atom stereocenters. The number of nitrogens with one attached hydrogen (secondary N) is 1. The number of hydrogen-bond acceptors (Lipinski definition) is 4. The first-order chi connectivity index (χ1) is 11.2. The number of anilines is 3. The lowest BCUT2D eigenvalue weighted by Gasteiger charge is -2.16. The standard InChI is InChI=1S/C17H17ClN4O/c18-14-10-15(21-17(20-14)11-3-4-11)19-12-5-7-13(8-6-12)22-9-1-2-16(22)23/h5-8,10-11H,1-4,9H2,(H,19,20,21). The molecule has 23 heavy (non-hydrogen) atoms. The summed E-state index contributed by atoms with van der Waals surface area (Å²) in [5, 5.41) is 3.72. The molecule has 2 heterocycles. The minimum Gasteiger partial charge on any atom is -0.340 e. The molecule has 1 N–H and O–H groups in total. The fraction of sp³-hybridized carbons (Fsp3) is 0.353. The maximum atomic E-state index is 11.8. The van der Waals surface area contributed by atoms with Crippen LogP contribution in [-0.2, 0) is 4.79 Å². The van der Waals surface area contributed by atoms with Gasteiger partial charge >= 0.3 is 0 Å². The fourth-order valence-electron chi connectivity index (χ4n) is 2.82. The number of hydrogen-bond donors (Lipinski definition) is 1. The van der Waals surface area contributed by atoms with Crippen molar-refractivity contribution in [1.82, 2.24) is 9.97 Å². The summed E-state index contributed by atoms with van der Waals surface area (Å²) in [5.74, 6) is 2.18. The van der Waals surface area contributed by atoms with E-state index in [4.69, 9.17) is 11.6 Å². The van der Waals surface area contributed by atoms with E-state index in [9.17, 15) is 4.79 Å². The molecule has 1 aliphatic carbocycles. The molecule has 4 rings (SSSR count). The second kappa shape index (κ2) is 5.81. The number of rotatable bonds is 4. The van der Waals surface area contributed by atoms with Gasteiger partial charge in [0.2, 0.25) is 5.91 Å². The zero-order valence-corrected chi connectivity index (χ0v) is 13.4. The molecule has 0 bridgehead atoms. The highest BCUT2D eigenvalue weighted by Gasteiger charge is 2.27. The van der Waals surface area contributed by atoms with E-state index in [1.165, 1.54) is 0 Å². The van der Waals surface area contributed by atoms with Crippen LogP contribution >= 0.6 is 11.6 Å². The lowest BCUT2D eigenvalue weighted by molar-refractivity contribution is -0.117. The van der Waals surface area contributed by atoms with Gasteiger partial charge in [-0.15, -0.1) is 0 Å². The normalized spacial score (nSPS) is 17.6. The van der Waals surface area contributed by atoms with E-state index in [-0.39, 0.29) is 5.91 Å². The molecule has 0 radical (unpaired) electrons. The molecule has 0 spiro atoms. The highest BCUT2D eigenvalue weighted by molar-refractivity contribution is 6.29. The maximum absolute atomic E-state index is 11.8. The Morgan fingerprint density at radius 2 is 1.96 bits per heavy atom. The third-order valence-corrected chi connectivity index (χ3v) is 4.37. The van der Waals surface area contributed by atoms with Crippen molar-refractivity contribution >= 4 is 34.7 Å². The Kier molecular flexibility index (Phi) is 3.65. The largest absolute Gasteiger partial charge is 0.340 e. The molecule has 1 amide bonds. The molecule has 1 aromatic heterocycles. The molecule has 5 nitrogen and oxygen atoms in total. The van der Waals surface area contributed by atoms with Crippen molar-refractivity contribution in [3.8, 4) is 0 Å². The van der Waals surface area contributed by atoms with Crippen molar-refractivity contribution in [2.24, 2.45) is 0 Å². The van der Waals surface area contributed by atoms with E-state index in [1.54, 1.807) is 6.07 Å². The van der Waals surface area contributed by atoms with Crippen LogP contribution in [0.5, 0.6) is 0 Å². The van der Waals surface area contributed by atoms with Gasteiger partial charge in [0, 0.05) is 36.3 Å². The summed E-state index contributed by atoms with van der Waals surface area (Å²) >= 11 is 6.08. The minimum absolute atomic E-state index is 0.197. The van der Waals surface area contributed by atoms with E-state index in [0.717, 1.165) is 43.0 Å². The molecule has 1 saturated carbocycles. The lowest BCUT2D eigenvalue weighted by atomic mass is 10.2. The van der Waals surface area contributed by atoms with Crippen molar-refractivity contribution in [2.75, 3.05) is 16.8 Å². The first-order valence-electron chi connectivity index (χ1n) is 7.91. The van der Waals surface area contributed by atoms with Crippen LogP contribution in [0.1, 0.15) is 37.4 Å². The second-order valence-corrected chi connectivity index (χ2v) is 6.42. The van der Waals surface area contributed by atoms with Gasteiger partial charge in [-0.3, -0.25) is 4.79 Å². The summed E-state index contributed by atoms with van der Waals surface area (Å²) in [6.07, 6.45) is 3.85. The summed E-state index contributed by atoms with van der Waals surface area (Å²) in [5.41, 5.74) is 1.86. The number of carbonyl (C=O) groups is 1. The summed E-state index contributed by atoms with van der Waals surface area (Å²) in [6.45, 7) is 0.803. The van der Waals surface area contributed by atoms with Gasteiger partial charge in [-0.05, 0) is 43.5 Å². The zero-order chi connectivity index (χ0) is 15.8. The van der Waals surface area contributed by atoms with Crippen LogP contribution in [0.2, 0.25) is 5.15 Å². The summed E-state index contributed by atoms with van der Waals surface area (Å²) < 4.78 is 0. The number of amides is 1. The van der Waals surface area contributed by atoms with E-state index < -0.39 is 0 Å². The molecule has 1 aromatic carbocycles. The Hall–Kier alpha value is -2.14. The monoisotopic (exact) mass is 328 g/mol. The van der Waals surface area contributed by atoms with E-state index in [0.29, 0.717) is 23.3 Å². The van der Waals surface area contributed by atoms with Gasteiger partial charge < -0.3 is 10.2 Å². The summed E-state index contributed by atoms with van der Waals surface area (Å²) in [4.78, 5) is 22.4. The number of benzene rings is 1. The van der Waals surface area contributed by atoms with Crippen LogP contribution in [0.4, 0.5) is 17.2 Å². The highest BCUT2D eigenvalue weighted by atomic mass is 35.5. The highest BCUT2D eigenvalue weighted by Crippen LogP contribution is 2.39. The van der Waals surface area contributed by atoms with Crippen LogP contribution in [0, 0.1) is 0 Å². The molecule has 2 aromatic rings. The first kappa shape index (κ1) is 14.5. The quantitative estimate of drug-likeness (QED) is 0.865. The topological polar surface area (TPSA) is 58.1 Å². The van der Waals surface area contributed by atoms with Crippen LogP contribution in [0.15, 0.2) is 30.3 Å². The number of halogens is 1. The Morgan fingerprint density at radius 1 is 1.17 bits per heavy atom. The average molecular weight is 329 g/mol. The molecule has 2 fully saturated rings. The predicted octanol–water partition coefficient (Wildman–Crippen LogP) is 3.88. The zero-order valence-electron chi connectivity index (χ0n) is 12.6. The van der Waals surface area contributed by atoms with Gasteiger partial charge in [-0.2, -0.15) is 0 Å². The summed E-state index contributed by atoms with van der Waals surface area (Å²) in [7, 11) is 0. The van der Waals surface area contributed by atoms with Gasteiger partial charge in [-0.25, -0.2) is 9.97 Å². The first-order valence-corrected chi connectivity index (χ1v) is 8.29. The second-order valence-electron chi connectivity index (χ2n) is 6.03. The van der Waals surface area contributed by atoms with Gasteiger partial charge in [-0.1, -0.05) is 11.6 Å². The van der Waals surface area contributed by atoms with Crippen molar-refractivity contribution in [2.45, 2.75) is 31.6 Å². The molecular formula is C17H17ClN4O. The van der Waals surface area contributed by atoms with Gasteiger partial charge in [0.15, 0.2) is 0 Å². The van der Waals surface area contributed by atoms with Crippen molar-refractivity contribution < 1.29 is 4.79 Å². The van der Waals surface area contributed by atoms with Crippen molar-refractivity contribution in [3.05, 3.63) is 41.3 Å². The molecule has 1 aliphatic heterocycles. The van der Waals surface area contributed by atoms with Crippen LogP contribution < -0.4 is 10.2 Å². The SMILES string of the molecule is O=C1CCCN1c1ccc(Nc2cc(Cl)nc(C3CC3)n2)cc1. The van der Waals surface area contributed by atoms with E-state index in [1.807, 2.05) is 29.2 Å². The number of carbonyl (C=O) groups excluding carboxylic acids is 1. The van der Waals surface area contributed by atoms with Crippen LogP contribution in [0.25, 0.3) is 0 Å². The molecule has 1 saturated heterocycles. The van der Waals surface area contributed by atoms with E-state index >= 15 is 0 Å². The fourth-order valence-corrected chi connectivity index (χ4v) is 3.01. The third kappa shape index (κ3) is 3.15. The Morgan fingerprint density at radius 3 is 2.61 bits per heavy atom. The van der Waals surface area contributed by atoms with Crippen molar-refractivity contribution in [3.63, 3.8) is 0 Å². The lowest BCUT2D eigenvalue weighted by Crippen LogP contribution is -2.23. The maximum Gasteiger partial charge on any atom is 0.227 e. The molecule has 0 unspecified atom stereocenters. The number of nitrogens with zero attached hydrogens (tertiary/aromatic N) is 3. The predicted molar refractivity (Wildman–Crippen MR) is 90.3 cm³/mol. The van der Waals surface area contributed by atoms with E-state index in [2.05, 4.69) is 15.3 Å². The molecular weight excluding hydrogens is 312 g/mol. The Balaban J connectivity index is 1.51. The smallest absolute Gasteiger partial charge is 0.227 e. The average Bonchev–Trinajstić information content (AvgIpc) is 3.30. The van der Waals surface area contributed by atoms with Gasteiger partial charge in [0.05, 0.1) is 0 Å². The molecule has 6 heteroatoms. The molecule has 2 aliphatic rings. The van der Waals surface area contributed by atoms with Crippen molar-refractivity contribution in [1.29, 1.82) is 0 Å². The van der Waals surface area contributed by atoms with Gasteiger partial charge in [0.25, 0.3) is 0 Å². The Labute approximate surface area is 139 Å². The minimum atomic E-state index is 0.197. The Bertz CT molecular complexity index is 743. The third-order valence-electron chi connectivity index (χ3n) is 4.18. The number of aromatic nitrogens is 2.